The Hall–Kier alpha value is -0.430. The molecule has 0 amide bonds. The molecule has 0 N–H and O–H groups in total. The van der Waals surface area contributed by atoms with Crippen molar-refractivity contribution in [3.05, 3.63) is 35.9 Å². The molecule has 1 fully saturated rings. The van der Waals surface area contributed by atoms with Gasteiger partial charge >= 0.3 is 0 Å². The highest BCUT2D eigenvalue weighted by molar-refractivity contribution is 7.46. The highest BCUT2D eigenvalue weighted by atomic mass is 31.2. The maximum absolute atomic E-state index is 5.61. The standard InChI is InChI=1S/C10H13O2P/c1-9-7-11-13(12-9)8-10-5-3-2-4-6-10/h2-6,9H,7-8H2,1H3/t9-,13-/m0/s1. The van der Waals surface area contributed by atoms with Crippen LogP contribution in [-0.2, 0) is 15.2 Å². The van der Waals surface area contributed by atoms with E-state index in [1.54, 1.807) is 0 Å². The summed E-state index contributed by atoms with van der Waals surface area (Å²) in [7, 11) is -0.661. The first-order chi connectivity index (χ1) is 6.34. The number of hydrogen-bond donors (Lipinski definition) is 0. The Bertz CT molecular complexity index is 263. The van der Waals surface area contributed by atoms with Crippen molar-refractivity contribution in [2.45, 2.75) is 19.2 Å². The van der Waals surface area contributed by atoms with E-state index >= 15 is 0 Å². The Morgan fingerprint density at radius 3 is 2.77 bits per heavy atom. The van der Waals surface area contributed by atoms with Crippen LogP contribution in [0.25, 0.3) is 0 Å². The molecule has 1 aliphatic rings. The van der Waals surface area contributed by atoms with E-state index in [1.807, 2.05) is 25.1 Å². The second-order valence-electron chi connectivity index (χ2n) is 3.19. The molecule has 1 aromatic rings. The van der Waals surface area contributed by atoms with Crippen LogP contribution in [0.1, 0.15) is 12.5 Å². The SMILES string of the molecule is C[C@H]1CO[P@](Cc2ccccc2)O1. The molecule has 0 spiro atoms. The summed E-state index contributed by atoms with van der Waals surface area (Å²) in [5, 5.41) is 0. The maximum atomic E-state index is 5.61. The first-order valence-electron chi connectivity index (χ1n) is 4.46. The lowest BCUT2D eigenvalue weighted by atomic mass is 10.2. The van der Waals surface area contributed by atoms with Crippen LogP contribution < -0.4 is 0 Å². The molecule has 3 heteroatoms. The average molecular weight is 196 g/mol. The molecule has 0 bridgehead atoms. The Morgan fingerprint density at radius 1 is 1.38 bits per heavy atom. The lowest BCUT2D eigenvalue weighted by Crippen LogP contribution is -1.99. The van der Waals surface area contributed by atoms with E-state index in [0.717, 1.165) is 12.8 Å². The second kappa shape index (κ2) is 4.19. The molecule has 1 heterocycles. The minimum absolute atomic E-state index is 0.273. The largest absolute Gasteiger partial charge is 0.331 e. The fourth-order valence-corrected chi connectivity index (χ4v) is 2.84. The minimum Gasteiger partial charge on any atom is -0.331 e. The van der Waals surface area contributed by atoms with Gasteiger partial charge in [0, 0.05) is 6.16 Å². The van der Waals surface area contributed by atoms with Gasteiger partial charge in [-0.25, -0.2) is 0 Å². The van der Waals surface area contributed by atoms with Gasteiger partial charge in [0.2, 0.25) is 0 Å². The number of rotatable bonds is 2. The van der Waals surface area contributed by atoms with Gasteiger partial charge in [-0.1, -0.05) is 30.3 Å². The van der Waals surface area contributed by atoms with Crippen molar-refractivity contribution < 1.29 is 9.05 Å². The van der Waals surface area contributed by atoms with Crippen LogP contribution in [0.2, 0.25) is 0 Å². The van der Waals surface area contributed by atoms with Gasteiger partial charge in [0.1, 0.15) is 0 Å². The monoisotopic (exact) mass is 196 g/mol. The average Bonchev–Trinajstić information content (AvgIpc) is 2.53. The van der Waals surface area contributed by atoms with Gasteiger partial charge in [0.05, 0.1) is 12.7 Å². The highest BCUT2D eigenvalue weighted by Gasteiger charge is 2.23. The minimum atomic E-state index is -0.661. The lowest BCUT2D eigenvalue weighted by molar-refractivity contribution is 0.262. The van der Waals surface area contributed by atoms with Crippen molar-refractivity contribution in [1.82, 2.24) is 0 Å². The topological polar surface area (TPSA) is 18.5 Å². The third-order valence-electron chi connectivity index (χ3n) is 1.91. The van der Waals surface area contributed by atoms with Crippen molar-refractivity contribution >= 4 is 8.38 Å². The van der Waals surface area contributed by atoms with Crippen LogP contribution in [0.5, 0.6) is 0 Å². The summed E-state index contributed by atoms with van der Waals surface area (Å²) >= 11 is 0. The molecule has 2 rings (SSSR count). The summed E-state index contributed by atoms with van der Waals surface area (Å²) < 4.78 is 11.1. The second-order valence-corrected chi connectivity index (χ2v) is 4.64. The maximum Gasteiger partial charge on any atom is 0.175 e. The van der Waals surface area contributed by atoms with E-state index in [1.165, 1.54) is 5.56 Å². The fraction of sp³-hybridized carbons (Fsp3) is 0.400. The summed E-state index contributed by atoms with van der Waals surface area (Å²) in [6.07, 6.45) is 1.19. The van der Waals surface area contributed by atoms with Crippen molar-refractivity contribution in [2.75, 3.05) is 6.61 Å². The van der Waals surface area contributed by atoms with Crippen molar-refractivity contribution in [3.8, 4) is 0 Å². The van der Waals surface area contributed by atoms with Crippen molar-refractivity contribution in [2.24, 2.45) is 0 Å². The van der Waals surface area contributed by atoms with Crippen molar-refractivity contribution in [3.63, 3.8) is 0 Å². The Kier molecular flexibility index (Phi) is 2.94. The summed E-state index contributed by atoms with van der Waals surface area (Å²) in [5.41, 5.74) is 1.29. The fourth-order valence-electron chi connectivity index (χ4n) is 1.27. The van der Waals surface area contributed by atoms with Gasteiger partial charge < -0.3 is 9.05 Å². The molecular weight excluding hydrogens is 183 g/mol. The zero-order chi connectivity index (χ0) is 9.10. The first-order valence-corrected chi connectivity index (χ1v) is 5.82. The molecule has 0 saturated carbocycles. The zero-order valence-corrected chi connectivity index (χ0v) is 8.54. The molecule has 1 saturated heterocycles. The third-order valence-corrected chi connectivity index (χ3v) is 3.56. The van der Waals surface area contributed by atoms with Crippen LogP contribution in [-0.4, -0.2) is 12.7 Å². The van der Waals surface area contributed by atoms with Crippen LogP contribution in [0.3, 0.4) is 0 Å². The zero-order valence-electron chi connectivity index (χ0n) is 7.64. The third kappa shape index (κ3) is 2.50. The molecular formula is C10H13O2P. The highest BCUT2D eigenvalue weighted by Crippen LogP contribution is 2.47. The lowest BCUT2D eigenvalue weighted by Gasteiger charge is -2.07. The Labute approximate surface area is 79.8 Å². The van der Waals surface area contributed by atoms with Crippen molar-refractivity contribution in [1.29, 1.82) is 0 Å². The van der Waals surface area contributed by atoms with E-state index in [0.29, 0.717) is 0 Å². The molecule has 0 unspecified atom stereocenters. The predicted molar refractivity (Wildman–Crippen MR) is 53.6 cm³/mol. The molecule has 0 aromatic heterocycles. The van der Waals surface area contributed by atoms with E-state index in [4.69, 9.17) is 9.05 Å². The van der Waals surface area contributed by atoms with Gasteiger partial charge in [-0.15, -0.1) is 0 Å². The first kappa shape index (κ1) is 9.14. The van der Waals surface area contributed by atoms with Crippen LogP contribution >= 0.6 is 8.38 Å². The van der Waals surface area contributed by atoms with E-state index in [9.17, 15) is 0 Å². The Balaban J connectivity index is 1.92. The summed E-state index contributed by atoms with van der Waals surface area (Å²) in [4.78, 5) is 0. The molecule has 1 aromatic carbocycles. The predicted octanol–water partition coefficient (Wildman–Crippen LogP) is 2.93. The molecule has 13 heavy (non-hydrogen) atoms. The number of benzene rings is 1. The van der Waals surface area contributed by atoms with E-state index in [-0.39, 0.29) is 6.10 Å². The smallest absolute Gasteiger partial charge is 0.175 e. The molecule has 2 nitrogen and oxygen atoms in total. The van der Waals surface area contributed by atoms with Gasteiger partial charge in [-0.3, -0.25) is 0 Å². The van der Waals surface area contributed by atoms with Crippen LogP contribution in [0.15, 0.2) is 30.3 Å². The number of hydrogen-bond acceptors (Lipinski definition) is 2. The summed E-state index contributed by atoms with van der Waals surface area (Å²) in [6.45, 7) is 2.80. The molecule has 2 atom stereocenters. The molecule has 0 radical (unpaired) electrons. The molecule has 0 aliphatic carbocycles. The van der Waals surface area contributed by atoms with Crippen LogP contribution in [0, 0.1) is 0 Å². The van der Waals surface area contributed by atoms with Gasteiger partial charge in [-0.05, 0) is 12.5 Å². The molecule has 1 aliphatic heterocycles. The van der Waals surface area contributed by atoms with Gasteiger partial charge in [-0.2, -0.15) is 0 Å². The quantitative estimate of drug-likeness (QED) is 0.677. The molecule has 70 valence electrons. The van der Waals surface area contributed by atoms with Gasteiger partial charge in [0.25, 0.3) is 0 Å². The van der Waals surface area contributed by atoms with Gasteiger partial charge in [0.15, 0.2) is 8.38 Å². The normalized spacial score (nSPS) is 27.8. The Morgan fingerprint density at radius 2 is 2.15 bits per heavy atom. The van der Waals surface area contributed by atoms with E-state index in [2.05, 4.69) is 12.1 Å². The summed E-state index contributed by atoms with van der Waals surface area (Å²) in [6, 6.07) is 10.3. The summed E-state index contributed by atoms with van der Waals surface area (Å²) in [5.74, 6) is 0. The van der Waals surface area contributed by atoms with Crippen LogP contribution in [0.4, 0.5) is 0 Å². The van der Waals surface area contributed by atoms with E-state index < -0.39 is 8.38 Å².